The van der Waals surface area contributed by atoms with Crippen LogP contribution in [0, 0.1) is 13.8 Å². The monoisotopic (exact) mass is 371 g/mol. The van der Waals surface area contributed by atoms with Gasteiger partial charge in [0, 0.05) is 17.3 Å². The molecule has 2 heterocycles. The van der Waals surface area contributed by atoms with Crippen molar-refractivity contribution in [2.75, 3.05) is 12.4 Å². The van der Waals surface area contributed by atoms with Gasteiger partial charge in [-0.3, -0.25) is 9.20 Å². The topological polar surface area (TPSA) is 55.6 Å². The summed E-state index contributed by atoms with van der Waals surface area (Å²) in [4.78, 5) is 17.6. The Hall–Kier alpha value is -3.60. The predicted molar refractivity (Wildman–Crippen MR) is 111 cm³/mol. The first-order valence-corrected chi connectivity index (χ1v) is 9.06. The summed E-state index contributed by atoms with van der Waals surface area (Å²) in [5.74, 6) is 1.17. The lowest BCUT2D eigenvalue weighted by molar-refractivity contribution is 0.102. The number of carbonyl (C=O) groups excluding carboxylic acids is 1. The van der Waals surface area contributed by atoms with Gasteiger partial charge >= 0.3 is 0 Å². The molecule has 0 bridgehead atoms. The molecule has 5 nitrogen and oxygen atoms in total. The van der Waals surface area contributed by atoms with Crippen molar-refractivity contribution in [2.24, 2.45) is 0 Å². The first-order chi connectivity index (χ1) is 13.5. The molecule has 0 aliphatic heterocycles. The first-order valence-electron chi connectivity index (χ1n) is 9.06. The molecule has 0 saturated carbocycles. The van der Waals surface area contributed by atoms with Crippen LogP contribution >= 0.6 is 0 Å². The van der Waals surface area contributed by atoms with Crippen LogP contribution in [-0.2, 0) is 0 Å². The van der Waals surface area contributed by atoms with E-state index < -0.39 is 0 Å². The summed E-state index contributed by atoms with van der Waals surface area (Å²) in [7, 11) is 1.60. The van der Waals surface area contributed by atoms with Crippen LogP contribution in [0.3, 0.4) is 0 Å². The number of pyridine rings is 1. The maximum absolute atomic E-state index is 12.9. The van der Waals surface area contributed by atoms with E-state index in [1.54, 1.807) is 31.4 Å². The zero-order chi connectivity index (χ0) is 19.7. The number of hydrogen-bond acceptors (Lipinski definition) is 3. The molecular formula is C23H21N3O2. The van der Waals surface area contributed by atoms with Gasteiger partial charge in [0.1, 0.15) is 22.9 Å². The number of nitrogens with one attached hydrogen (secondary N) is 1. The predicted octanol–water partition coefficient (Wildman–Crippen LogP) is 4.88. The van der Waals surface area contributed by atoms with Gasteiger partial charge in [-0.25, -0.2) is 4.98 Å². The van der Waals surface area contributed by atoms with Gasteiger partial charge in [-0.1, -0.05) is 35.9 Å². The Labute approximate surface area is 163 Å². The molecule has 0 aliphatic carbocycles. The number of aromatic nitrogens is 2. The van der Waals surface area contributed by atoms with Crippen molar-refractivity contribution in [2.45, 2.75) is 13.8 Å². The molecule has 0 saturated heterocycles. The Kier molecular flexibility index (Phi) is 4.57. The van der Waals surface area contributed by atoms with Crippen molar-refractivity contribution in [3.05, 3.63) is 83.6 Å². The summed E-state index contributed by atoms with van der Waals surface area (Å²) in [5, 5.41) is 3.05. The summed E-state index contributed by atoms with van der Waals surface area (Å²) in [6, 6.07) is 19.1. The maximum atomic E-state index is 12.9. The zero-order valence-electron chi connectivity index (χ0n) is 16.1. The molecule has 0 spiro atoms. The number of nitrogens with zero attached hydrogens (tertiary/aromatic N) is 2. The van der Waals surface area contributed by atoms with E-state index >= 15 is 0 Å². The first kappa shape index (κ1) is 17.8. The lowest BCUT2D eigenvalue weighted by Crippen LogP contribution is -2.14. The summed E-state index contributed by atoms with van der Waals surface area (Å²) in [6.07, 6.45) is 1.98. The van der Waals surface area contributed by atoms with Gasteiger partial charge in [0.25, 0.3) is 5.91 Å². The van der Waals surface area contributed by atoms with Crippen molar-refractivity contribution in [3.63, 3.8) is 0 Å². The average molecular weight is 371 g/mol. The summed E-state index contributed by atoms with van der Waals surface area (Å²) >= 11 is 0. The summed E-state index contributed by atoms with van der Waals surface area (Å²) in [6.45, 7) is 4.06. The molecule has 140 valence electrons. The van der Waals surface area contributed by atoms with Crippen LogP contribution in [0.25, 0.3) is 16.9 Å². The van der Waals surface area contributed by atoms with Crippen molar-refractivity contribution >= 4 is 17.4 Å². The van der Waals surface area contributed by atoms with Gasteiger partial charge in [0.2, 0.25) is 0 Å². The third-order valence-corrected chi connectivity index (χ3v) is 4.68. The molecule has 0 atom stereocenters. The molecule has 2 aromatic heterocycles. The van der Waals surface area contributed by atoms with Crippen molar-refractivity contribution in [3.8, 4) is 17.0 Å². The Morgan fingerprint density at radius 2 is 1.61 bits per heavy atom. The van der Waals surface area contributed by atoms with Crippen molar-refractivity contribution in [1.82, 2.24) is 9.38 Å². The van der Waals surface area contributed by atoms with Gasteiger partial charge in [0.15, 0.2) is 0 Å². The Morgan fingerprint density at radius 1 is 0.929 bits per heavy atom. The fraction of sp³-hybridized carbons (Fsp3) is 0.130. The van der Waals surface area contributed by atoms with Gasteiger partial charge in [-0.2, -0.15) is 0 Å². The van der Waals surface area contributed by atoms with Crippen LogP contribution < -0.4 is 10.1 Å². The van der Waals surface area contributed by atoms with E-state index in [9.17, 15) is 4.79 Å². The summed E-state index contributed by atoms with van der Waals surface area (Å²) in [5.41, 5.74) is 5.29. The highest BCUT2D eigenvalue weighted by molar-refractivity contribution is 6.05. The number of aryl methyl sites for hydroxylation is 2. The maximum Gasteiger partial charge on any atom is 0.256 e. The quantitative estimate of drug-likeness (QED) is 0.556. The molecule has 5 heteroatoms. The number of benzene rings is 2. The number of fused-ring (bicyclic) bond motifs is 1. The molecule has 28 heavy (non-hydrogen) atoms. The summed E-state index contributed by atoms with van der Waals surface area (Å²) < 4.78 is 7.09. The third kappa shape index (κ3) is 3.34. The van der Waals surface area contributed by atoms with Gasteiger partial charge in [-0.05, 0) is 49.7 Å². The standard InChI is InChI=1S/C23H21N3O2/c1-15-4-7-17(8-5-15)21-22(26-14-16(2)6-13-20(26)24-21)25-23(27)18-9-11-19(28-3)12-10-18/h4-14H,1-3H3,(H,25,27). The van der Waals surface area contributed by atoms with E-state index in [4.69, 9.17) is 9.72 Å². The van der Waals surface area contributed by atoms with E-state index in [0.717, 1.165) is 22.5 Å². The van der Waals surface area contributed by atoms with Crippen LogP contribution in [0.2, 0.25) is 0 Å². The fourth-order valence-corrected chi connectivity index (χ4v) is 3.11. The minimum Gasteiger partial charge on any atom is -0.497 e. The van der Waals surface area contributed by atoms with Gasteiger partial charge in [0.05, 0.1) is 7.11 Å². The molecule has 0 fully saturated rings. The highest BCUT2D eigenvalue weighted by Crippen LogP contribution is 2.30. The molecule has 1 amide bonds. The number of amides is 1. The second-order valence-electron chi connectivity index (χ2n) is 6.79. The minimum atomic E-state index is -0.195. The Balaban J connectivity index is 1.79. The van der Waals surface area contributed by atoms with Crippen molar-refractivity contribution in [1.29, 1.82) is 0 Å². The lowest BCUT2D eigenvalue weighted by Gasteiger charge is -2.09. The normalized spacial score (nSPS) is 10.8. The molecule has 0 radical (unpaired) electrons. The highest BCUT2D eigenvalue weighted by atomic mass is 16.5. The van der Waals surface area contributed by atoms with Crippen LogP contribution in [0.1, 0.15) is 21.5 Å². The SMILES string of the molecule is COc1ccc(C(=O)Nc2c(-c3ccc(C)cc3)nc3ccc(C)cn23)cc1. The van der Waals surface area contributed by atoms with Crippen molar-refractivity contribution < 1.29 is 9.53 Å². The van der Waals surface area contributed by atoms with E-state index in [1.165, 1.54) is 5.56 Å². The van der Waals surface area contributed by atoms with Gasteiger partial charge in [-0.15, -0.1) is 0 Å². The third-order valence-electron chi connectivity index (χ3n) is 4.68. The fourth-order valence-electron chi connectivity index (χ4n) is 3.11. The molecule has 0 aliphatic rings. The van der Waals surface area contributed by atoms with E-state index in [2.05, 4.69) is 5.32 Å². The Bertz CT molecular complexity index is 1140. The zero-order valence-corrected chi connectivity index (χ0v) is 16.1. The van der Waals surface area contributed by atoms with Crippen LogP contribution in [0.5, 0.6) is 5.75 Å². The highest BCUT2D eigenvalue weighted by Gasteiger charge is 2.17. The van der Waals surface area contributed by atoms with Crippen LogP contribution in [0.15, 0.2) is 66.9 Å². The second kappa shape index (κ2) is 7.19. The lowest BCUT2D eigenvalue weighted by atomic mass is 10.1. The number of hydrogen-bond donors (Lipinski definition) is 1. The van der Waals surface area contributed by atoms with E-state index in [1.807, 2.05) is 60.8 Å². The molecular weight excluding hydrogens is 350 g/mol. The Morgan fingerprint density at radius 3 is 2.29 bits per heavy atom. The number of rotatable bonds is 4. The molecule has 1 N–H and O–H groups in total. The van der Waals surface area contributed by atoms with Crippen LogP contribution in [0.4, 0.5) is 5.82 Å². The molecule has 4 rings (SSSR count). The van der Waals surface area contributed by atoms with Gasteiger partial charge < -0.3 is 10.1 Å². The second-order valence-corrected chi connectivity index (χ2v) is 6.79. The number of carbonyl (C=O) groups is 1. The molecule has 2 aromatic carbocycles. The van der Waals surface area contributed by atoms with E-state index in [-0.39, 0.29) is 5.91 Å². The van der Waals surface area contributed by atoms with E-state index in [0.29, 0.717) is 17.1 Å². The number of ether oxygens (including phenoxy) is 1. The number of methoxy groups -OCH3 is 1. The minimum absolute atomic E-state index is 0.195. The smallest absolute Gasteiger partial charge is 0.256 e. The average Bonchev–Trinajstić information content (AvgIpc) is 3.06. The molecule has 0 unspecified atom stereocenters. The largest absolute Gasteiger partial charge is 0.497 e. The van der Waals surface area contributed by atoms with Crippen LogP contribution in [-0.4, -0.2) is 22.4 Å². The number of imidazole rings is 1. The molecule has 4 aromatic rings. The number of anilines is 1.